The van der Waals surface area contributed by atoms with Gasteiger partial charge in [-0.3, -0.25) is 13.9 Å². The number of hydrogen-bond acceptors (Lipinski definition) is 7. The number of alkyl halides is 5. The van der Waals surface area contributed by atoms with Gasteiger partial charge in [-0.1, -0.05) is 11.6 Å². The van der Waals surface area contributed by atoms with Gasteiger partial charge in [0.25, 0.3) is 12.3 Å². The van der Waals surface area contributed by atoms with Gasteiger partial charge >= 0.3 is 12.2 Å². The number of urea groups is 1. The number of carbonyl (C=O) groups excluding carboxylic acids is 2. The number of aromatic nitrogens is 5. The van der Waals surface area contributed by atoms with Crippen LogP contribution in [0, 0.1) is 0 Å². The van der Waals surface area contributed by atoms with Crippen molar-refractivity contribution >= 4 is 40.7 Å². The summed E-state index contributed by atoms with van der Waals surface area (Å²) in [6.45, 7) is 0.396. The predicted molar refractivity (Wildman–Crippen MR) is 157 cm³/mol. The van der Waals surface area contributed by atoms with E-state index in [-0.39, 0.29) is 51.8 Å². The minimum atomic E-state index is -4.90. The fourth-order valence-electron chi connectivity index (χ4n) is 5.49. The zero-order valence-electron chi connectivity index (χ0n) is 24.0. The number of anilines is 2. The van der Waals surface area contributed by atoms with Gasteiger partial charge in [0.15, 0.2) is 17.2 Å². The van der Waals surface area contributed by atoms with Gasteiger partial charge in [0.2, 0.25) is 0 Å². The van der Waals surface area contributed by atoms with Gasteiger partial charge < -0.3 is 26.2 Å². The van der Waals surface area contributed by atoms with E-state index in [1.54, 1.807) is 15.9 Å². The molecule has 244 valence electrons. The van der Waals surface area contributed by atoms with Crippen molar-refractivity contribution in [2.24, 2.45) is 5.73 Å². The molecule has 2 aliphatic rings. The summed E-state index contributed by atoms with van der Waals surface area (Å²) in [4.78, 5) is 37.5. The molecule has 3 aromatic heterocycles. The van der Waals surface area contributed by atoms with Crippen molar-refractivity contribution < 1.29 is 31.5 Å². The number of imidazole rings is 1. The fourth-order valence-corrected chi connectivity index (χ4v) is 5.75. The average Bonchev–Trinajstić information content (AvgIpc) is 3.61. The third-order valence-corrected chi connectivity index (χ3v) is 8.19. The minimum absolute atomic E-state index is 0.0305. The third kappa shape index (κ3) is 6.42. The van der Waals surface area contributed by atoms with Crippen LogP contribution in [0.3, 0.4) is 0 Å². The van der Waals surface area contributed by atoms with Gasteiger partial charge in [0, 0.05) is 62.5 Å². The van der Waals surface area contributed by atoms with E-state index in [2.05, 4.69) is 25.7 Å². The minimum Gasteiger partial charge on any atom is -0.337 e. The number of nitrogens with zero attached hydrogens (tertiary/aromatic N) is 7. The van der Waals surface area contributed by atoms with E-state index >= 15 is 0 Å². The lowest BCUT2D eigenvalue weighted by molar-refractivity contribution is -0.141. The van der Waals surface area contributed by atoms with Crippen LogP contribution in [0.15, 0.2) is 43.0 Å². The molecule has 12 nitrogen and oxygen atoms in total. The van der Waals surface area contributed by atoms with Crippen molar-refractivity contribution in [3.63, 3.8) is 0 Å². The largest absolute Gasteiger partial charge is 0.435 e. The number of benzene rings is 1. The van der Waals surface area contributed by atoms with E-state index in [1.807, 2.05) is 0 Å². The molecule has 4 N–H and O–H groups in total. The molecule has 4 aromatic rings. The molecule has 6 rings (SSSR count). The second-order valence-corrected chi connectivity index (χ2v) is 11.5. The van der Waals surface area contributed by atoms with Gasteiger partial charge in [-0.15, -0.1) is 0 Å². The number of fused-ring (bicyclic) bond motifs is 1. The third-order valence-electron chi connectivity index (χ3n) is 7.88. The Morgan fingerprint density at radius 2 is 1.80 bits per heavy atom. The highest BCUT2D eigenvalue weighted by Gasteiger charge is 2.39. The molecule has 1 aliphatic carbocycles. The Morgan fingerprint density at radius 3 is 2.46 bits per heavy atom. The molecule has 1 saturated carbocycles. The van der Waals surface area contributed by atoms with Crippen LogP contribution in [0.25, 0.3) is 16.9 Å². The van der Waals surface area contributed by atoms with Crippen LogP contribution in [-0.4, -0.2) is 90.6 Å². The van der Waals surface area contributed by atoms with E-state index in [0.29, 0.717) is 36.5 Å². The Kier molecular flexibility index (Phi) is 8.45. The maximum Gasteiger partial charge on any atom is 0.435 e. The molecule has 0 spiro atoms. The smallest absolute Gasteiger partial charge is 0.337 e. The molecule has 1 aromatic carbocycles. The quantitative estimate of drug-likeness (QED) is 0.251. The molecule has 2 fully saturated rings. The van der Waals surface area contributed by atoms with Crippen molar-refractivity contribution in [3.05, 3.63) is 59.3 Å². The first-order chi connectivity index (χ1) is 21.9. The molecular formula is C28H28ClF5N10O2. The monoisotopic (exact) mass is 666 g/mol. The Bertz CT molecular complexity index is 1760. The fraction of sp³-hybridized carbons (Fsp3) is 0.393. The van der Waals surface area contributed by atoms with Gasteiger partial charge in [0.05, 0.1) is 28.0 Å². The van der Waals surface area contributed by atoms with Crippen molar-refractivity contribution in [3.8, 4) is 11.3 Å². The average molecular weight is 667 g/mol. The molecule has 3 amide bonds. The summed E-state index contributed by atoms with van der Waals surface area (Å²) < 4.78 is 68.9. The molecular weight excluding hydrogens is 639 g/mol. The number of piperazine rings is 1. The summed E-state index contributed by atoms with van der Waals surface area (Å²) in [5.74, 6) is -0.136. The number of rotatable bonds is 7. The lowest BCUT2D eigenvalue weighted by atomic mass is 9.88. The van der Waals surface area contributed by atoms with Crippen LogP contribution >= 0.6 is 11.6 Å². The molecule has 0 unspecified atom stereocenters. The molecule has 1 saturated heterocycles. The zero-order valence-corrected chi connectivity index (χ0v) is 24.8. The van der Waals surface area contributed by atoms with Crippen LogP contribution in [0.4, 0.5) is 38.3 Å². The van der Waals surface area contributed by atoms with E-state index in [1.165, 1.54) is 35.1 Å². The molecule has 0 bridgehead atoms. The van der Waals surface area contributed by atoms with Crippen LogP contribution in [0.5, 0.6) is 0 Å². The maximum atomic E-state index is 13.7. The van der Waals surface area contributed by atoms with E-state index in [9.17, 15) is 31.5 Å². The first kappa shape index (κ1) is 31.5. The summed E-state index contributed by atoms with van der Waals surface area (Å²) in [5, 5.41) is 9.46. The van der Waals surface area contributed by atoms with E-state index in [0.717, 1.165) is 19.0 Å². The van der Waals surface area contributed by atoms with Crippen molar-refractivity contribution in [2.45, 2.75) is 44.1 Å². The first-order valence-electron chi connectivity index (χ1n) is 14.3. The summed E-state index contributed by atoms with van der Waals surface area (Å²) in [6.07, 6.45) is -1.50. The van der Waals surface area contributed by atoms with Crippen LogP contribution in [-0.2, 0) is 12.7 Å². The summed E-state index contributed by atoms with van der Waals surface area (Å²) in [6, 6.07) is 4.67. The highest BCUT2D eigenvalue weighted by Crippen LogP contribution is 2.37. The molecule has 1 aliphatic heterocycles. The number of halogens is 6. The Hall–Kier alpha value is -4.51. The predicted octanol–water partition coefficient (Wildman–Crippen LogP) is 4.23. The number of hydrogen-bond donors (Lipinski definition) is 3. The van der Waals surface area contributed by atoms with E-state index < -0.39 is 30.4 Å². The van der Waals surface area contributed by atoms with Crippen LogP contribution < -0.4 is 16.4 Å². The highest BCUT2D eigenvalue weighted by molar-refractivity contribution is 6.34. The standard InChI is InChI=1S/C28H28ClF5N10O2/c29-20-11-16(1-2-18(20)26(45)41-5-7-42(8-6-41)27(46)39-17-9-15(35)10-17)38-24-25-37-12-21(44(25)4-3-36-24)19-13-43(14-22(30)31)40-23(19)28(32,33)34/h1-4,11-13,15,17,22H,5-10,14,35H2,(H,36,38)(H,39,46). The Morgan fingerprint density at radius 1 is 1.09 bits per heavy atom. The molecule has 4 heterocycles. The number of carbonyl (C=O) groups is 2. The second-order valence-electron chi connectivity index (χ2n) is 11.1. The topological polar surface area (TPSA) is 139 Å². The second kappa shape index (κ2) is 12.4. The molecule has 0 atom stereocenters. The normalized spacial score (nSPS) is 18.6. The first-order valence-corrected chi connectivity index (χ1v) is 14.7. The zero-order chi connectivity index (χ0) is 32.7. The van der Waals surface area contributed by atoms with Gasteiger partial charge in [-0.25, -0.2) is 23.5 Å². The van der Waals surface area contributed by atoms with Gasteiger partial charge in [-0.2, -0.15) is 18.3 Å². The van der Waals surface area contributed by atoms with Gasteiger partial charge in [0.1, 0.15) is 6.54 Å². The number of nitrogens with two attached hydrogens (primary N) is 1. The van der Waals surface area contributed by atoms with Crippen molar-refractivity contribution in [1.82, 2.24) is 39.3 Å². The van der Waals surface area contributed by atoms with Crippen molar-refractivity contribution in [2.75, 3.05) is 31.5 Å². The van der Waals surface area contributed by atoms with Crippen molar-refractivity contribution in [1.29, 1.82) is 0 Å². The maximum absolute atomic E-state index is 13.7. The van der Waals surface area contributed by atoms with Crippen LogP contribution in [0.2, 0.25) is 5.02 Å². The summed E-state index contributed by atoms with van der Waals surface area (Å²) in [5.41, 5.74) is 4.82. The SMILES string of the molecule is NC1CC(NC(=O)N2CCN(C(=O)c3ccc(Nc4nccn5c(-c6cn(CC(F)F)nc6C(F)(F)F)cnc45)cc3Cl)CC2)C1. The van der Waals surface area contributed by atoms with Gasteiger partial charge in [-0.05, 0) is 31.0 Å². The highest BCUT2D eigenvalue weighted by atomic mass is 35.5. The number of nitrogens with one attached hydrogen (secondary N) is 2. The summed E-state index contributed by atoms with van der Waals surface area (Å²) >= 11 is 6.50. The molecule has 46 heavy (non-hydrogen) atoms. The van der Waals surface area contributed by atoms with Crippen LogP contribution in [0.1, 0.15) is 28.9 Å². The lowest BCUT2D eigenvalue weighted by Gasteiger charge is -2.38. The van der Waals surface area contributed by atoms with E-state index in [4.69, 9.17) is 17.3 Å². The lowest BCUT2D eigenvalue weighted by Crippen LogP contribution is -2.57. The number of amides is 3. The molecule has 18 heteroatoms. The Balaban J connectivity index is 1.15. The summed E-state index contributed by atoms with van der Waals surface area (Å²) in [7, 11) is 0. The Labute approximate surface area is 263 Å². The molecule has 0 radical (unpaired) electrons.